The molecule has 34 heavy (non-hydrogen) atoms. The zero-order valence-corrected chi connectivity index (χ0v) is 19.7. The minimum absolute atomic E-state index is 0.00187. The first-order chi connectivity index (χ1) is 16.4. The molecule has 8 rings (SSSR count). The summed E-state index contributed by atoms with van der Waals surface area (Å²) in [6.07, 6.45) is 10.5. The summed E-state index contributed by atoms with van der Waals surface area (Å²) in [5.41, 5.74) is -1.56. The van der Waals surface area contributed by atoms with Crippen molar-refractivity contribution in [1.82, 2.24) is 5.32 Å². The second kappa shape index (κ2) is 6.84. The van der Waals surface area contributed by atoms with Crippen molar-refractivity contribution in [2.24, 2.45) is 52.8 Å². The summed E-state index contributed by atoms with van der Waals surface area (Å²) in [7, 11) is 0. The van der Waals surface area contributed by atoms with Crippen molar-refractivity contribution in [1.29, 1.82) is 0 Å². The molecule has 0 spiro atoms. The van der Waals surface area contributed by atoms with Crippen LogP contribution >= 0.6 is 0 Å². The molecule has 1 saturated heterocycles. The molecule has 1 aromatic rings. The Balaban J connectivity index is 1.40. The molecule has 5 heteroatoms. The van der Waals surface area contributed by atoms with E-state index in [1.54, 1.807) is 0 Å². The molecule has 2 N–H and O–H groups in total. The predicted octanol–water partition coefficient (Wildman–Crippen LogP) is 3.67. The highest BCUT2D eigenvalue weighted by Crippen LogP contribution is 2.66. The van der Waals surface area contributed by atoms with Gasteiger partial charge in [-0.15, -0.1) is 6.58 Å². The van der Waals surface area contributed by atoms with Gasteiger partial charge in [0, 0.05) is 30.1 Å². The molecular formula is C29H33NO4. The van der Waals surface area contributed by atoms with Crippen LogP contribution in [-0.4, -0.2) is 28.6 Å². The van der Waals surface area contributed by atoms with Crippen LogP contribution in [0.1, 0.15) is 38.2 Å². The van der Waals surface area contributed by atoms with E-state index in [2.05, 4.69) is 31.0 Å². The van der Waals surface area contributed by atoms with Crippen LogP contribution in [-0.2, 0) is 16.0 Å². The molecule has 3 heterocycles. The molecule has 11 atom stereocenters. The quantitative estimate of drug-likeness (QED) is 0.496. The van der Waals surface area contributed by atoms with Crippen LogP contribution < -0.4 is 10.1 Å². The van der Waals surface area contributed by atoms with E-state index in [0.29, 0.717) is 30.6 Å². The highest BCUT2D eigenvalue weighted by molar-refractivity contribution is 6.13. The van der Waals surface area contributed by atoms with E-state index in [4.69, 9.17) is 4.74 Å². The fourth-order valence-electron chi connectivity index (χ4n) is 8.67. The van der Waals surface area contributed by atoms with Gasteiger partial charge in [-0.3, -0.25) is 9.59 Å². The number of ether oxygens (including phenoxy) is 1. The Hall–Kier alpha value is -2.40. The molecule has 0 radical (unpaired) electrons. The van der Waals surface area contributed by atoms with Crippen molar-refractivity contribution in [3.63, 3.8) is 0 Å². The first-order valence-electron chi connectivity index (χ1n) is 13.0. The number of carbonyl (C=O) groups excluding carboxylic acids is 2. The summed E-state index contributed by atoms with van der Waals surface area (Å²) < 4.78 is 6.78. The maximum Gasteiger partial charge on any atom is 0.236 e. The molecule has 7 aliphatic rings. The molecular weight excluding hydrogens is 426 g/mol. The number of hydrogen-bond donors (Lipinski definition) is 2. The Labute approximate surface area is 200 Å². The number of amides is 1. The highest BCUT2D eigenvalue weighted by atomic mass is 16.5. The number of fused-ring (bicyclic) bond motifs is 4. The summed E-state index contributed by atoms with van der Waals surface area (Å²) in [6, 6.07) is 7.95. The lowest BCUT2D eigenvalue weighted by molar-refractivity contribution is -0.140. The Morgan fingerprint density at radius 1 is 1.15 bits per heavy atom. The Kier molecular flexibility index (Phi) is 4.21. The van der Waals surface area contributed by atoms with Crippen molar-refractivity contribution in [3.8, 4) is 5.75 Å². The van der Waals surface area contributed by atoms with Gasteiger partial charge in [-0.05, 0) is 60.6 Å². The van der Waals surface area contributed by atoms with Gasteiger partial charge in [0.25, 0.3) is 0 Å². The third-order valence-electron chi connectivity index (χ3n) is 10.3. The highest BCUT2D eigenvalue weighted by Gasteiger charge is 2.78. The van der Waals surface area contributed by atoms with Crippen LogP contribution in [0.4, 0.5) is 0 Å². The van der Waals surface area contributed by atoms with E-state index in [9.17, 15) is 14.7 Å². The molecule has 3 aliphatic heterocycles. The van der Waals surface area contributed by atoms with Gasteiger partial charge < -0.3 is 15.2 Å². The van der Waals surface area contributed by atoms with Crippen LogP contribution in [0.2, 0.25) is 0 Å². The number of rotatable bonds is 1. The van der Waals surface area contributed by atoms with E-state index in [1.807, 2.05) is 30.3 Å². The third-order valence-corrected chi connectivity index (χ3v) is 10.3. The lowest BCUT2D eigenvalue weighted by Crippen LogP contribution is -2.49. The maximum atomic E-state index is 14.4. The van der Waals surface area contributed by atoms with Gasteiger partial charge in [0.2, 0.25) is 5.91 Å². The van der Waals surface area contributed by atoms with Crippen molar-refractivity contribution in [2.75, 3.05) is 0 Å². The van der Waals surface area contributed by atoms with E-state index in [-0.39, 0.29) is 47.4 Å². The number of allylic oxidation sites excluding steroid dienone is 3. The molecule has 4 bridgehead atoms. The number of piperidine rings is 1. The minimum Gasteiger partial charge on any atom is -0.490 e. The summed E-state index contributed by atoms with van der Waals surface area (Å²) in [6.45, 7) is 6.41. The average Bonchev–Trinajstić information content (AvgIpc) is 3.48. The molecule has 178 valence electrons. The van der Waals surface area contributed by atoms with E-state index in [1.165, 1.54) is 6.42 Å². The Morgan fingerprint density at radius 2 is 1.94 bits per heavy atom. The fraction of sp³-hybridized carbons (Fsp3) is 0.586. The van der Waals surface area contributed by atoms with Gasteiger partial charge in [-0.1, -0.05) is 43.7 Å². The lowest BCUT2D eigenvalue weighted by Gasteiger charge is -2.39. The smallest absolute Gasteiger partial charge is 0.236 e. The van der Waals surface area contributed by atoms with E-state index >= 15 is 0 Å². The number of nitrogens with one attached hydrogen (secondary N) is 1. The summed E-state index contributed by atoms with van der Waals surface area (Å²) in [4.78, 5) is 27.8. The summed E-state index contributed by atoms with van der Waals surface area (Å²) >= 11 is 0. The van der Waals surface area contributed by atoms with Crippen LogP contribution in [0.15, 0.2) is 49.1 Å². The number of hydrogen-bond acceptors (Lipinski definition) is 4. The first kappa shape index (κ1) is 20.9. The largest absolute Gasteiger partial charge is 0.490 e. The van der Waals surface area contributed by atoms with Crippen LogP contribution in [0.3, 0.4) is 0 Å². The zero-order valence-electron chi connectivity index (χ0n) is 19.7. The monoisotopic (exact) mass is 459 g/mol. The zero-order chi connectivity index (χ0) is 23.4. The first-order valence-corrected chi connectivity index (χ1v) is 13.0. The molecule has 1 aromatic carbocycles. The molecule has 5 nitrogen and oxygen atoms in total. The van der Waals surface area contributed by atoms with Gasteiger partial charge in [0.15, 0.2) is 5.78 Å². The summed E-state index contributed by atoms with van der Waals surface area (Å²) in [5.74, 6) is 1.52. The van der Waals surface area contributed by atoms with Crippen LogP contribution in [0.5, 0.6) is 5.75 Å². The molecule has 4 fully saturated rings. The molecule has 1 amide bonds. The number of Topliss-reactive ketones (excluding diaryl/α,β-unsaturated/α-hetero) is 1. The number of aliphatic hydroxyl groups is 1. The number of benzene rings is 1. The van der Waals surface area contributed by atoms with Gasteiger partial charge in [-0.25, -0.2) is 0 Å². The SMILES string of the molecule is C=C[C@H]1C=C[C@H]2[C@@H]3C[C@H](C)CC[C@H]3[C@@H]3Oc4ccc(cc4)C[C@]4(O)NC(=O)[C@@]5(C[C@H]54)C(=O)[C@@H]1[C@H]23. The van der Waals surface area contributed by atoms with Gasteiger partial charge in [0.05, 0.1) is 0 Å². The second-order valence-electron chi connectivity index (χ2n) is 12.0. The Morgan fingerprint density at radius 3 is 2.68 bits per heavy atom. The topological polar surface area (TPSA) is 75.6 Å². The molecule has 0 unspecified atom stereocenters. The average molecular weight is 460 g/mol. The maximum absolute atomic E-state index is 14.4. The molecule has 4 aliphatic carbocycles. The number of ketones is 1. The minimum atomic E-state index is -1.38. The van der Waals surface area contributed by atoms with Crippen molar-refractivity contribution >= 4 is 11.7 Å². The number of carbonyl (C=O) groups is 2. The van der Waals surface area contributed by atoms with E-state index < -0.39 is 11.1 Å². The van der Waals surface area contributed by atoms with E-state index in [0.717, 1.165) is 24.2 Å². The van der Waals surface area contributed by atoms with Crippen molar-refractivity contribution in [2.45, 2.75) is 50.9 Å². The standard InChI is InChI=1S/C29H33NO4/c1-3-17-7-11-19-21-12-15(2)4-10-20(21)25-24(19)23(17)26(31)28-14-22(28)29(33,30-27(28)32)13-16-5-8-18(34-25)9-6-16/h3,5-9,11,15,17,19-25,33H,1,4,10,12-14H2,2H3,(H,30,32)/t15-,17+,19+,20-,21+,22-,23+,24+,25+,28-,29-/m1/s1. The van der Waals surface area contributed by atoms with Gasteiger partial charge in [0.1, 0.15) is 23.0 Å². The van der Waals surface area contributed by atoms with Crippen molar-refractivity contribution < 1.29 is 19.4 Å². The molecule has 0 aromatic heterocycles. The van der Waals surface area contributed by atoms with Gasteiger partial charge >= 0.3 is 0 Å². The lowest BCUT2D eigenvalue weighted by atomic mass is 9.64. The fourth-order valence-corrected chi connectivity index (χ4v) is 8.67. The normalized spacial score (nSPS) is 50.0. The van der Waals surface area contributed by atoms with Crippen molar-refractivity contribution in [3.05, 3.63) is 54.6 Å². The van der Waals surface area contributed by atoms with Gasteiger partial charge in [-0.2, -0.15) is 0 Å². The van der Waals surface area contributed by atoms with Crippen LogP contribution in [0, 0.1) is 52.8 Å². The van der Waals surface area contributed by atoms with Crippen LogP contribution in [0.25, 0.3) is 0 Å². The third kappa shape index (κ3) is 2.59. The Bertz CT molecular complexity index is 1110. The second-order valence-corrected chi connectivity index (χ2v) is 12.0. The summed E-state index contributed by atoms with van der Waals surface area (Å²) in [5, 5.41) is 14.3. The molecule has 3 saturated carbocycles. The predicted molar refractivity (Wildman–Crippen MR) is 126 cm³/mol.